The minimum absolute atomic E-state index is 0.0654. The topological polar surface area (TPSA) is 56.7 Å². The Labute approximate surface area is 155 Å². The van der Waals surface area contributed by atoms with E-state index in [1.54, 1.807) is 0 Å². The molecule has 138 valence electrons. The maximum atomic E-state index is 12.1. The summed E-state index contributed by atoms with van der Waals surface area (Å²) in [6, 6.07) is 10.7. The van der Waals surface area contributed by atoms with Gasteiger partial charge in [0.15, 0.2) is 5.96 Å². The maximum Gasteiger partial charge on any atom is 0.225 e. The van der Waals surface area contributed by atoms with Gasteiger partial charge >= 0.3 is 0 Å². The molecule has 2 rings (SSSR count). The summed E-state index contributed by atoms with van der Waals surface area (Å²) >= 11 is 1.82. The molecule has 1 aliphatic rings. The van der Waals surface area contributed by atoms with Crippen molar-refractivity contribution >= 4 is 23.6 Å². The van der Waals surface area contributed by atoms with Crippen molar-refractivity contribution in [2.75, 3.05) is 31.9 Å². The van der Waals surface area contributed by atoms with Crippen molar-refractivity contribution in [3.63, 3.8) is 0 Å². The smallest absolute Gasteiger partial charge is 0.225 e. The molecule has 1 saturated heterocycles. The average Bonchev–Trinajstić information content (AvgIpc) is 3.07. The molecule has 1 amide bonds. The average molecular weight is 363 g/mol. The minimum Gasteiger partial charge on any atom is -0.357 e. The van der Waals surface area contributed by atoms with Crippen LogP contribution in [0.3, 0.4) is 0 Å². The lowest BCUT2D eigenvalue weighted by Crippen LogP contribution is -2.45. The SMILES string of the molecule is CCNC(=NCCSc1ccccc1)NC1CCN(C(=O)C(C)C)C1. The molecule has 25 heavy (non-hydrogen) atoms. The number of likely N-dealkylation sites (tertiary alicyclic amines) is 1. The van der Waals surface area contributed by atoms with Gasteiger partial charge in [-0.15, -0.1) is 11.8 Å². The van der Waals surface area contributed by atoms with Crippen LogP contribution in [0.2, 0.25) is 0 Å². The molecule has 0 saturated carbocycles. The first-order valence-corrected chi connectivity index (χ1v) is 10.1. The molecule has 1 atom stereocenters. The van der Waals surface area contributed by atoms with E-state index in [0.29, 0.717) is 0 Å². The normalized spacial score (nSPS) is 17.8. The summed E-state index contributed by atoms with van der Waals surface area (Å²) in [4.78, 5) is 20.0. The van der Waals surface area contributed by atoms with Gasteiger partial charge in [0.25, 0.3) is 0 Å². The predicted octanol–water partition coefficient (Wildman–Crippen LogP) is 2.59. The van der Waals surface area contributed by atoms with Crippen LogP contribution in [0.5, 0.6) is 0 Å². The Balaban J connectivity index is 1.79. The van der Waals surface area contributed by atoms with Gasteiger partial charge < -0.3 is 15.5 Å². The summed E-state index contributed by atoms with van der Waals surface area (Å²) in [5.74, 6) is 2.10. The molecule has 0 bridgehead atoms. The molecular formula is C19H30N4OS. The largest absolute Gasteiger partial charge is 0.357 e. The molecule has 6 heteroatoms. The van der Waals surface area contributed by atoms with Gasteiger partial charge in [0, 0.05) is 42.2 Å². The number of thioether (sulfide) groups is 1. The second kappa shape index (κ2) is 10.3. The van der Waals surface area contributed by atoms with Crippen LogP contribution >= 0.6 is 11.8 Å². The fourth-order valence-electron chi connectivity index (χ4n) is 2.79. The number of hydrogen-bond acceptors (Lipinski definition) is 3. The zero-order valence-corrected chi connectivity index (χ0v) is 16.3. The van der Waals surface area contributed by atoms with E-state index in [-0.39, 0.29) is 17.9 Å². The number of nitrogens with zero attached hydrogens (tertiary/aromatic N) is 2. The van der Waals surface area contributed by atoms with E-state index in [4.69, 9.17) is 0 Å². The summed E-state index contributed by atoms with van der Waals surface area (Å²) in [6.07, 6.45) is 0.974. The zero-order chi connectivity index (χ0) is 18.1. The van der Waals surface area contributed by atoms with E-state index < -0.39 is 0 Å². The van der Waals surface area contributed by atoms with Gasteiger partial charge in [0.2, 0.25) is 5.91 Å². The highest BCUT2D eigenvalue weighted by molar-refractivity contribution is 7.99. The molecule has 0 radical (unpaired) electrons. The molecule has 1 aliphatic heterocycles. The quantitative estimate of drug-likeness (QED) is 0.339. The lowest BCUT2D eigenvalue weighted by molar-refractivity contribution is -0.133. The maximum absolute atomic E-state index is 12.1. The summed E-state index contributed by atoms with van der Waals surface area (Å²) in [5.41, 5.74) is 0. The number of benzene rings is 1. The Morgan fingerprint density at radius 3 is 2.80 bits per heavy atom. The van der Waals surface area contributed by atoms with Gasteiger partial charge in [-0.2, -0.15) is 0 Å². The number of aliphatic imine (C=N–C) groups is 1. The highest BCUT2D eigenvalue weighted by atomic mass is 32.2. The van der Waals surface area contributed by atoms with Crippen molar-refractivity contribution in [1.82, 2.24) is 15.5 Å². The Morgan fingerprint density at radius 2 is 2.12 bits per heavy atom. The Kier molecular flexibility index (Phi) is 8.12. The highest BCUT2D eigenvalue weighted by Crippen LogP contribution is 2.16. The van der Waals surface area contributed by atoms with E-state index in [9.17, 15) is 4.79 Å². The third-order valence-electron chi connectivity index (χ3n) is 4.05. The lowest BCUT2D eigenvalue weighted by atomic mass is 10.2. The Morgan fingerprint density at radius 1 is 1.36 bits per heavy atom. The third kappa shape index (κ3) is 6.61. The molecule has 1 heterocycles. The number of carbonyl (C=O) groups excluding carboxylic acids is 1. The first-order valence-electron chi connectivity index (χ1n) is 9.11. The van der Waals surface area contributed by atoms with Crippen LogP contribution in [0.25, 0.3) is 0 Å². The number of hydrogen-bond donors (Lipinski definition) is 2. The van der Waals surface area contributed by atoms with Crippen LogP contribution in [0.15, 0.2) is 40.2 Å². The van der Waals surface area contributed by atoms with Crippen LogP contribution in [0.4, 0.5) is 0 Å². The standard InChI is InChI=1S/C19H30N4OS/c1-4-20-19(21-11-13-25-17-8-6-5-7-9-17)22-16-10-12-23(14-16)18(24)15(2)3/h5-9,15-16H,4,10-14H2,1-3H3,(H2,20,21,22). The van der Waals surface area contributed by atoms with E-state index in [1.807, 2.05) is 36.6 Å². The molecule has 1 unspecified atom stereocenters. The summed E-state index contributed by atoms with van der Waals surface area (Å²) in [7, 11) is 0. The van der Waals surface area contributed by atoms with Gasteiger partial charge in [-0.3, -0.25) is 9.79 Å². The predicted molar refractivity (Wildman–Crippen MR) is 106 cm³/mol. The highest BCUT2D eigenvalue weighted by Gasteiger charge is 2.27. The fourth-order valence-corrected chi connectivity index (χ4v) is 3.56. The fraction of sp³-hybridized carbons (Fsp3) is 0.579. The van der Waals surface area contributed by atoms with Gasteiger partial charge in [-0.25, -0.2) is 0 Å². The van der Waals surface area contributed by atoms with E-state index >= 15 is 0 Å². The number of nitrogens with one attached hydrogen (secondary N) is 2. The van der Waals surface area contributed by atoms with Crippen molar-refractivity contribution in [1.29, 1.82) is 0 Å². The van der Waals surface area contributed by atoms with Gasteiger partial charge in [-0.05, 0) is 25.5 Å². The number of guanidine groups is 1. The van der Waals surface area contributed by atoms with Gasteiger partial charge in [-0.1, -0.05) is 32.0 Å². The van der Waals surface area contributed by atoms with E-state index in [1.165, 1.54) is 4.90 Å². The summed E-state index contributed by atoms with van der Waals surface area (Å²) in [5, 5.41) is 6.78. The monoisotopic (exact) mass is 362 g/mol. The Bertz CT molecular complexity index is 562. The zero-order valence-electron chi connectivity index (χ0n) is 15.5. The van der Waals surface area contributed by atoms with Crippen molar-refractivity contribution in [2.24, 2.45) is 10.9 Å². The van der Waals surface area contributed by atoms with Crippen molar-refractivity contribution in [3.05, 3.63) is 30.3 Å². The van der Waals surface area contributed by atoms with Crippen molar-refractivity contribution < 1.29 is 4.79 Å². The van der Waals surface area contributed by atoms with Gasteiger partial charge in [0.1, 0.15) is 0 Å². The van der Waals surface area contributed by atoms with E-state index in [2.05, 4.69) is 46.8 Å². The van der Waals surface area contributed by atoms with Crippen molar-refractivity contribution in [2.45, 2.75) is 38.1 Å². The summed E-state index contributed by atoms with van der Waals surface area (Å²) in [6.45, 7) is 9.17. The lowest BCUT2D eigenvalue weighted by Gasteiger charge is -2.20. The van der Waals surface area contributed by atoms with Gasteiger partial charge in [0.05, 0.1) is 6.54 Å². The molecule has 1 aromatic rings. The van der Waals surface area contributed by atoms with Crippen molar-refractivity contribution in [3.8, 4) is 0 Å². The number of rotatable bonds is 7. The van der Waals surface area contributed by atoms with Crippen LogP contribution in [0, 0.1) is 5.92 Å². The summed E-state index contributed by atoms with van der Waals surface area (Å²) < 4.78 is 0. The molecule has 0 aliphatic carbocycles. The second-order valence-electron chi connectivity index (χ2n) is 6.49. The number of carbonyl (C=O) groups is 1. The third-order valence-corrected chi connectivity index (χ3v) is 5.04. The second-order valence-corrected chi connectivity index (χ2v) is 7.66. The minimum atomic E-state index is 0.0654. The van der Waals surface area contributed by atoms with Crippen LogP contribution < -0.4 is 10.6 Å². The van der Waals surface area contributed by atoms with E-state index in [0.717, 1.165) is 44.3 Å². The van der Waals surface area contributed by atoms with Crippen LogP contribution in [-0.4, -0.2) is 54.7 Å². The molecule has 5 nitrogen and oxygen atoms in total. The molecule has 0 aromatic heterocycles. The molecule has 1 fully saturated rings. The Hall–Kier alpha value is -1.69. The van der Waals surface area contributed by atoms with Crippen LogP contribution in [-0.2, 0) is 4.79 Å². The molecule has 2 N–H and O–H groups in total. The molecule has 1 aromatic carbocycles. The first kappa shape index (κ1) is 19.6. The molecule has 0 spiro atoms. The van der Waals surface area contributed by atoms with Crippen LogP contribution in [0.1, 0.15) is 27.2 Å². The molecular weight excluding hydrogens is 332 g/mol. The number of amides is 1. The first-order chi connectivity index (χ1) is 12.1.